The molecule has 1 aromatic heterocycles. The molecule has 0 aliphatic rings. The minimum atomic E-state index is -1.05. The van der Waals surface area contributed by atoms with Gasteiger partial charge in [0.1, 0.15) is 11.5 Å². The van der Waals surface area contributed by atoms with Crippen LogP contribution in [0.15, 0.2) is 12.1 Å². The molecule has 1 heterocycles. The minimum Gasteiger partial charge on any atom is -0.477 e. The first kappa shape index (κ1) is 11.0. The summed E-state index contributed by atoms with van der Waals surface area (Å²) in [6, 6.07) is 2.66. The molecule has 2 N–H and O–H groups in total. The molecule has 2 rings (SSSR count). The van der Waals surface area contributed by atoms with Gasteiger partial charge in [-0.3, -0.25) is 0 Å². The van der Waals surface area contributed by atoms with Gasteiger partial charge in [0.15, 0.2) is 0 Å². The van der Waals surface area contributed by atoms with E-state index < -0.39 is 11.8 Å². The molecule has 1 aromatic carbocycles. The van der Waals surface area contributed by atoms with Crippen molar-refractivity contribution in [2.24, 2.45) is 0 Å². The number of hydrogen-bond acceptors (Lipinski definition) is 1. The molecule has 0 atom stereocenters. The van der Waals surface area contributed by atoms with Crippen molar-refractivity contribution in [1.29, 1.82) is 0 Å². The standard InChI is InChI=1S/C11H9ClFNO2/c1-2-5-6-3-8(13)7(12)4-9(6)14-10(5)11(15)16/h3-4,14H,2H2,1H3,(H,15,16). The summed E-state index contributed by atoms with van der Waals surface area (Å²) < 4.78 is 13.3. The van der Waals surface area contributed by atoms with Crippen molar-refractivity contribution in [3.8, 4) is 0 Å². The predicted octanol–water partition coefficient (Wildman–Crippen LogP) is 3.22. The van der Waals surface area contributed by atoms with E-state index in [0.717, 1.165) is 0 Å². The van der Waals surface area contributed by atoms with Crippen LogP contribution in [-0.4, -0.2) is 16.1 Å². The lowest BCUT2D eigenvalue weighted by Crippen LogP contribution is -2.00. The first-order valence-corrected chi connectivity index (χ1v) is 5.15. The van der Waals surface area contributed by atoms with Crippen LogP contribution < -0.4 is 0 Å². The molecule has 0 radical (unpaired) electrons. The number of aromatic nitrogens is 1. The molecule has 0 fully saturated rings. The second-order valence-corrected chi connectivity index (χ2v) is 3.86. The molecule has 0 aliphatic heterocycles. The van der Waals surface area contributed by atoms with Crippen LogP contribution >= 0.6 is 11.6 Å². The molecule has 5 heteroatoms. The first-order valence-electron chi connectivity index (χ1n) is 4.77. The van der Waals surface area contributed by atoms with Crippen LogP contribution in [0.2, 0.25) is 5.02 Å². The number of carboxylic acids is 1. The molecule has 16 heavy (non-hydrogen) atoms. The number of carbonyl (C=O) groups is 1. The zero-order valence-electron chi connectivity index (χ0n) is 8.47. The normalized spacial score (nSPS) is 10.9. The van der Waals surface area contributed by atoms with E-state index in [2.05, 4.69) is 4.98 Å². The van der Waals surface area contributed by atoms with Crippen LogP contribution in [-0.2, 0) is 6.42 Å². The molecule has 0 spiro atoms. The summed E-state index contributed by atoms with van der Waals surface area (Å²) >= 11 is 5.63. The molecule has 0 bridgehead atoms. The quantitative estimate of drug-likeness (QED) is 0.848. The number of rotatable bonds is 2. The zero-order chi connectivity index (χ0) is 11.9. The summed E-state index contributed by atoms with van der Waals surface area (Å²) in [4.78, 5) is 13.7. The molecule has 0 amide bonds. The number of nitrogens with one attached hydrogen (secondary N) is 1. The Labute approximate surface area is 95.8 Å². The molecule has 0 saturated carbocycles. The van der Waals surface area contributed by atoms with E-state index in [-0.39, 0.29) is 10.7 Å². The summed E-state index contributed by atoms with van der Waals surface area (Å²) in [6.07, 6.45) is 0.517. The van der Waals surface area contributed by atoms with Gasteiger partial charge in [0.05, 0.1) is 5.02 Å². The van der Waals surface area contributed by atoms with Crippen LogP contribution in [0, 0.1) is 5.82 Å². The van der Waals surface area contributed by atoms with Crippen LogP contribution in [0.25, 0.3) is 10.9 Å². The number of hydrogen-bond donors (Lipinski definition) is 2. The van der Waals surface area contributed by atoms with Gasteiger partial charge in [-0.1, -0.05) is 18.5 Å². The summed E-state index contributed by atoms with van der Waals surface area (Å²) in [5.41, 5.74) is 1.23. The summed E-state index contributed by atoms with van der Waals surface area (Å²) in [7, 11) is 0. The Balaban J connectivity index is 2.82. The lowest BCUT2D eigenvalue weighted by atomic mass is 10.1. The number of carboxylic acid groups (broad SMARTS) is 1. The van der Waals surface area contributed by atoms with E-state index in [4.69, 9.17) is 16.7 Å². The third kappa shape index (κ3) is 1.55. The third-order valence-corrected chi connectivity index (χ3v) is 2.80. The largest absolute Gasteiger partial charge is 0.477 e. The second-order valence-electron chi connectivity index (χ2n) is 3.45. The van der Waals surface area contributed by atoms with Gasteiger partial charge in [0.25, 0.3) is 0 Å². The molecular formula is C11H9ClFNO2. The number of aryl methyl sites for hydroxylation is 1. The second kappa shape index (κ2) is 3.79. The van der Waals surface area contributed by atoms with Crippen molar-refractivity contribution in [2.45, 2.75) is 13.3 Å². The monoisotopic (exact) mass is 241 g/mol. The van der Waals surface area contributed by atoms with E-state index in [1.807, 2.05) is 6.92 Å². The maximum Gasteiger partial charge on any atom is 0.352 e. The number of aromatic amines is 1. The molecular weight excluding hydrogens is 233 g/mol. The first-order chi connectivity index (χ1) is 7.54. The molecule has 2 aromatic rings. The fraction of sp³-hybridized carbons (Fsp3) is 0.182. The van der Waals surface area contributed by atoms with Crippen molar-refractivity contribution >= 4 is 28.5 Å². The molecule has 3 nitrogen and oxygen atoms in total. The van der Waals surface area contributed by atoms with Gasteiger partial charge in [-0.2, -0.15) is 0 Å². The third-order valence-electron chi connectivity index (χ3n) is 2.51. The maximum absolute atomic E-state index is 13.3. The van der Waals surface area contributed by atoms with Crippen molar-refractivity contribution in [3.63, 3.8) is 0 Å². The summed E-state index contributed by atoms with van der Waals surface area (Å²) in [5.74, 6) is -1.59. The van der Waals surface area contributed by atoms with Crippen molar-refractivity contribution < 1.29 is 14.3 Å². The van der Waals surface area contributed by atoms with Gasteiger partial charge in [-0.05, 0) is 24.1 Å². The molecule has 0 unspecified atom stereocenters. The Morgan fingerprint density at radius 1 is 1.56 bits per heavy atom. The van der Waals surface area contributed by atoms with Crippen molar-refractivity contribution in [3.05, 3.63) is 34.2 Å². The smallest absolute Gasteiger partial charge is 0.352 e. The average molecular weight is 242 g/mol. The van der Waals surface area contributed by atoms with E-state index in [1.54, 1.807) is 0 Å². The van der Waals surface area contributed by atoms with E-state index in [0.29, 0.717) is 22.9 Å². The summed E-state index contributed by atoms with van der Waals surface area (Å²) in [6.45, 7) is 1.82. The van der Waals surface area contributed by atoms with Crippen LogP contribution in [0.1, 0.15) is 23.0 Å². The Kier molecular flexibility index (Phi) is 2.59. The Hall–Kier alpha value is -1.55. The predicted molar refractivity (Wildman–Crippen MR) is 59.6 cm³/mol. The number of halogens is 2. The Morgan fingerprint density at radius 3 is 2.81 bits per heavy atom. The highest BCUT2D eigenvalue weighted by Crippen LogP contribution is 2.28. The Bertz CT molecular complexity index is 577. The number of H-pyrrole nitrogens is 1. The van der Waals surface area contributed by atoms with Gasteiger partial charge < -0.3 is 10.1 Å². The van der Waals surface area contributed by atoms with Gasteiger partial charge >= 0.3 is 5.97 Å². The molecule has 84 valence electrons. The van der Waals surface area contributed by atoms with Crippen LogP contribution in [0.3, 0.4) is 0 Å². The number of aromatic carboxylic acids is 1. The number of fused-ring (bicyclic) bond motifs is 1. The van der Waals surface area contributed by atoms with Gasteiger partial charge in [-0.25, -0.2) is 9.18 Å². The highest BCUT2D eigenvalue weighted by Gasteiger charge is 2.17. The van der Waals surface area contributed by atoms with Crippen LogP contribution in [0.5, 0.6) is 0 Å². The lowest BCUT2D eigenvalue weighted by molar-refractivity contribution is 0.0690. The Morgan fingerprint density at radius 2 is 2.25 bits per heavy atom. The average Bonchev–Trinajstić information content (AvgIpc) is 2.57. The summed E-state index contributed by atoms with van der Waals surface area (Å²) in [5, 5.41) is 9.53. The van der Waals surface area contributed by atoms with Gasteiger partial charge in [0, 0.05) is 10.9 Å². The fourth-order valence-electron chi connectivity index (χ4n) is 1.79. The molecule has 0 aliphatic carbocycles. The van der Waals surface area contributed by atoms with Crippen LogP contribution in [0.4, 0.5) is 4.39 Å². The molecule has 0 saturated heterocycles. The highest BCUT2D eigenvalue weighted by atomic mass is 35.5. The number of benzene rings is 1. The minimum absolute atomic E-state index is 0.0201. The van der Waals surface area contributed by atoms with E-state index >= 15 is 0 Å². The van der Waals surface area contributed by atoms with E-state index in [9.17, 15) is 9.18 Å². The SMILES string of the molecule is CCc1c(C(=O)O)[nH]c2cc(Cl)c(F)cc12. The topological polar surface area (TPSA) is 53.1 Å². The zero-order valence-corrected chi connectivity index (χ0v) is 9.23. The maximum atomic E-state index is 13.3. The highest BCUT2D eigenvalue weighted by molar-refractivity contribution is 6.31. The van der Waals surface area contributed by atoms with Gasteiger partial charge in [0.2, 0.25) is 0 Å². The van der Waals surface area contributed by atoms with E-state index in [1.165, 1.54) is 12.1 Å². The van der Waals surface area contributed by atoms with Gasteiger partial charge in [-0.15, -0.1) is 0 Å². The van der Waals surface area contributed by atoms with Crippen molar-refractivity contribution in [1.82, 2.24) is 4.98 Å². The van der Waals surface area contributed by atoms with Crippen molar-refractivity contribution in [2.75, 3.05) is 0 Å². The lowest BCUT2D eigenvalue weighted by Gasteiger charge is -1.97. The fourth-order valence-corrected chi connectivity index (χ4v) is 1.96.